The number of thiazole rings is 1. The Morgan fingerprint density at radius 2 is 1.79 bits per heavy atom. The van der Waals surface area contributed by atoms with Gasteiger partial charge in [0.05, 0.1) is 17.0 Å². The van der Waals surface area contributed by atoms with Crippen molar-refractivity contribution < 1.29 is 9.72 Å². The van der Waals surface area contributed by atoms with Crippen molar-refractivity contribution in [2.75, 3.05) is 5.32 Å². The van der Waals surface area contributed by atoms with Gasteiger partial charge in [0.15, 0.2) is 5.13 Å². The molecule has 0 aliphatic heterocycles. The summed E-state index contributed by atoms with van der Waals surface area (Å²) >= 11 is 1.36. The number of nitro benzene ring substituents is 1. The molecule has 138 valence electrons. The van der Waals surface area contributed by atoms with Crippen molar-refractivity contribution in [1.82, 2.24) is 4.98 Å². The number of nitrogens with zero attached hydrogens (tertiary/aromatic N) is 2. The van der Waals surface area contributed by atoms with E-state index in [2.05, 4.69) is 34.6 Å². The first kappa shape index (κ1) is 17.8. The highest BCUT2D eigenvalue weighted by Crippen LogP contribution is 2.27. The Labute approximate surface area is 164 Å². The molecule has 3 aromatic carbocycles. The molecule has 0 radical (unpaired) electrons. The van der Waals surface area contributed by atoms with Crippen LogP contribution in [0.15, 0.2) is 72.1 Å². The maximum atomic E-state index is 12.2. The molecule has 0 aliphatic rings. The zero-order valence-electron chi connectivity index (χ0n) is 14.7. The van der Waals surface area contributed by atoms with Crippen LogP contribution in [-0.4, -0.2) is 15.8 Å². The Bertz CT molecular complexity index is 1170. The fourth-order valence-electron chi connectivity index (χ4n) is 2.90. The van der Waals surface area contributed by atoms with Gasteiger partial charge in [-0.3, -0.25) is 14.9 Å². The lowest BCUT2D eigenvalue weighted by molar-refractivity contribution is -0.384. The first-order valence-electron chi connectivity index (χ1n) is 8.56. The van der Waals surface area contributed by atoms with Gasteiger partial charge in [0.1, 0.15) is 0 Å². The zero-order chi connectivity index (χ0) is 19.5. The van der Waals surface area contributed by atoms with Gasteiger partial charge in [0.2, 0.25) is 5.91 Å². The number of aromatic nitrogens is 1. The first-order valence-corrected chi connectivity index (χ1v) is 9.44. The van der Waals surface area contributed by atoms with Crippen molar-refractivity contribution >= 4 is 38.8 Å². The van der Waals surface area contributed by atoms with Crippen LogP contribution in [0.5, 0.6) is 0 Å². The van der Waals surface area contributed by atoms with Crippen LogP contribution in [0.1, 0.15) is 5.56 Å². The second-order valence-corrected chi connectivity index (χ2v) is 7.11. The molecule has 0 saturated carbocycles. The highest BCUT2D eigenvalue weighted by Gasteiger charge is 2.11. The van der Waals surface area contributed by atoms with Crippen LogP contribution < -0.4 is 5.32 Å². The van der Waals surface area contributed by atoms with Crippen LogP contribution >= 0.6 is 11.3 Å². The van der Waals surface area contributed by atoms with Crippen LogP contribution in [0.2, 0.25) is 0 Å². The summed E-state index contributed by atoms with van der Waals surface area (Å²) in [5.74, 6) is -0.215. The highest BCUT2D eigenvalue weighted by atomic mass is 32.1. The van der Waals surface area contributed by atoms with Gasteiger partial charge >= 0.3 is 0 Å². The molecule has 0 aliphatic carbocycles. The van der Waals surface area contributed by atoms with Gasteiger partial charge in [0.25, 0.3) is 5.69 Å². The van der Waals surface area contributed by atoms with Crippen LogP contribution in [0, 0.1) is 10.1 Å². The van der Waals surface area contributed by atoms with E-state index < -0.39 is 4.92 Å². The van der Waals surface area contributed by atoms with Crippen LogP contribution in [0.3, 0.4) is 0 Å². The molecular formula is C21H15N3O3S. The van der Waals surface area contributed by atoms with E-state index in [-0.39, 0.29) is 18.0 Å². The number of fused-ring (bicyclic) bond motifs is 1. The number of carbonyl (C=O) groups excluding carboxylic acids is 1. The first-order chi connectivity index (χ1) is 13.6. The van der Waals surface area contributed by atoms with Crippen molar-refractivity contribution in [1.29, 1.82) is 0 Å². The number of amides is 1. The average Bonchev–Trinajstić information content (AvgIpc) is 3.16. The van der Waals surface area contributed by atoms with Crippen LogP contribution in [0.25, 0.3) is 22.0 Å². The number of carbonyl (C=O) groups is 1. The van der Waals surface area contributed by atoms with E-state index in [0.29, 0.717) is 10.7 Å². The molecular weight excluding hydrogens is 374 g/mol. The quantitative estimate of drug-likeness (QED) is 0.382. The molecule has 0 spiro atoms. The van der Waals surface area contributed by atoms with Crippen molar-refractivity contribution in [2.45, 2.75) is 6.42 Å². The molecule has 4 aromatic rings. The van der Waals surface area contributed by atoms with E-state index in [0.717, 1.165) is 22.0 Å². The van der Waals surface area contributed by atoms with Crippen molar-refractivity contribution in [3.05, 3.63) is 87.8 Å². The molecule has 7 heteroatoms. The molecule has 4 rings (SSSR count). The second kappa shape index (κ2) is 7.58. The lowest BCUT2D eigenvalue weighted by Crippen LogP contribution is -2.14. The number of nitro groups is 1. The van der Waals surface area contributed by atoms with E-state index in [9.17, 15) is 14.9 Å². The Morgan fingerprint density at radius 3 is 2.54 bits per heavy atom. The maximum Gasteiger partial charge on any atom is 0.269 e. The van der Waals surface area contributed by atoms with Gasteiger partial charge in [-0.2, -0.15) is 0 Å². The average molecular weight is 389 g/mol. The summed E-state index contributed by atoms with van der Waals surface area (Å²) in [7, 11) is 0. The molecule has 0 saturated heterocycles. The minimum atomic E-state index is -0.465. The fraction of sp³-hybridized carbons (Fsp3) is 0.0476. The molecule has 1 heterocycles. The summed E-state index contributed by atoms with van der Waals surface area (Å²) in [4.78, 5) is 27.0. The SMILES string of the molecule is O=C(Cc1ccc([N+](=O)[O-])cc1)Nc1nc(-c2ccc3ccccc3c2)cs1. The van der Waals surface area contributed by atoms with Gasteiger partial charge in [-0.1, -0.05) is 48.5 Å². The molecule has 1 amide bonds. The number of benzene rings is 3. The van der Waals surface area contributed by atoms with Gasteiger partial charge < -0.3 is 5.32 Å². The standard InChI is InChI=1S/C21H15N3O3S/c25-20(11-14-5-9-18(10-6-14)24(26)27)23-21-22-19(13-28-21)17-8-7-15-3-1-2-4-16(15)12-17/h1-10,12-13H,11H2,(H,22,23,25). The molecule has 0 bridgehead atoms. The molecule has 1 N–H and O–H groups in total. The maximum absolute atomic E-state index is 12.2. The van der Waals surface area contributed by atoms with E-state index in [1.165, 1.54) is 23.5 Å². The fourth-order valence-corrected chi connectivity index (χ4v) is 3.63. The molecule has 0 fully saturated rings. The minimum Gasteiger partial charge on any atom is -0.302 e. The molecule has 28 heavy (non-hydrogen) atoms. The summed E-state index contributed by atoms with van der Waals surface area (Å²) < 4.78 is 0. The largest absolute Gasteiger partial charge is 0.302 e. The number of non-ortho nitro benzene ring substituents is 1. The van der Waals surface area contributed by atoms with E-state index in [4.69, 9.17) is 0 Å². The zero-order valence-corrected chi connectivity index (χ0v) is 15.5. The lowest BCUT2D eigenvalue weighted by atomic mass is 10.1. The molecule has 0 atom stereocenters. The Balaban J connectivity index is 1.45. The van der Waals surface area contributed by atoms with Gasteiger partial charge in [-0.25, -0.2) is 4.98 Å². The number of nitrogens with one attached hydrogen (secondary N) is 1. The predicted octanol–water partition coefficient (Wildman–Crippen LogP) is 5.05. The Morgan fingerprint density at radius 1 is 1.04 bits per heavy atom. The summed E-state index contributed by atoms with van der Waals surface area (Å²) in [6.45, 7) is 0. The normalized spacial score (nSPS) is 10.7. The van der Waals surface area contributed by atoms with Crippen LogP contribution in [0.4, 0.5) is 10.8 Å². The third-order valence-corrected chi connectivity index (χ3v) is 5.07. The summed E-state index contributed by atoms with van der Waals surface area (Å²) in [5, 5.41) is 18.2. The lowest BCUT2D eigenvalue weighted by Gasteiger charge is -2.03. The third-order valence-electron chi connectivity index (χ3n) is 4.31. The van der Waals surface area contributed by atoms with Gasteiger partial charge in [-0.15, -0.1) is 11.3 Å². The number of hydrogen-bond acceptors (Lipinski definition) is 5. The minimum absolute atomic E-state index is 0.00380. The molecule has 0 unspecified atom stereocenters. The number of rotatable bonds is 5. The summed E-state index contributed by atoms with van der Waals surface area (Å²) in [6, 6.07) is 20.2. The Kier molecular flexibility index (Phi) is 4.82. The highest BCUT2D eigenvalue weighted by molar-refractivity contribution is 7.14. The summed E-state index contributed by atoms with van der Waals surface area (Å²) in [6.07, 6.45) is 0.128. The smallest absolute Gasteiger partial charge is 0.269 e. The van der Waals surface area contributed by atoms with Crippen LogP contribution in [-0.2, 0) is 11.2 Å². The number of anilines is 1. The van der Waals surface area contributed by atoms with Crippen molar-refractivity contribution in [2.24, 2.45) is 0 Å². The van der Waals surface area contributed by atoms with Crippen molar-refractivity contribution in [3.8, 4) is 11.3 Å². The molecule has 1 aromatic heterocycles. The molecule has 6 nitrogen and oxygen atoms in total. The monoisotopic (exact) mass is 389 g/mol. The van der Waals surface area contributed by atoms with E-state index in [1.54, 1.807) is 12.1 Å². The summed E-state index contributed by atoms with van der Waals surface area (Å²) in [5.41, 5.74) is 2.51. The topological polar surface area (TPSA) is 85.1 Å². The second-order valence-electron chi connectivity index (χ2n) is 6.25. The van der Waals surface area contributed by atoms with Gasteiger partial charge in [0, 0.05) is 23.1 Å². The predicted molar refractivity (Wildman–Crippen MR) is 110 cm³/mol. The van der Waals surface area contributed by atoms with Crippen molar-refractivity contribution in [3.63, 3.8) is 0 Å². The third kappa shape index (κ3) is 3.89. The Hall–Kier alpha value is -3.58. The number of hydrogen-bond donors (Lipinski definition) is 1. The van der Waals surface area contributed by atoms with Gasteiger partial charge in [-0.05, 0) is 22.4 Å². The van der Waals surface area contributed by atoms with E-state index in [1.807, 2.05) is 23.6 Å². The van der Waals surface area contributed by atoms with E-state index >= 15 is 0 Å².